The molecule has 1 N–H and O–H groups in total. The van der Waals surface area contributed by atoms with Crippen molar-refractivity contribution in [2.45, 2.75) is 30.4 Å². The number of sulfonamides is 1. The highest BCUT2D eigenvalue weighted by Crippen LogP contribution is 2.22. The molecule has 1 aromatic carbocycles. The lowest BCUT2D eigenvalue weighted by atomic mass is 10.3. The summed E-state index contributed by atoms with van der Waals surface area (Å²) in [5.74, 6) is 1.59. The van der Waals surface area contributed by atoms with Crippen molar-refractivity contribution in [2.24, 2.45) is 0 Å². The Balaban J connectivity index is 1.51. The maximum Gasteiger partial charge on any atom is 0.243 e. The van der Waals surface area contributed by atoms with Crippen LogP contribution in [0.4, 0.5) is 5.69 Å². The van der Waals surface area contributed by atoms with E-state index in [-0.39, 0.29) is 16.6 Å². The molecule has 1 fully saturated rings. The van der Waals surface area contributed by atoms with Crippen LogP contribution < -0.4 is 5.32 Å². The summed E-state index contributed by atoms with van der Waals surface area (Å²) in [6.45, 7) is 2.84. The number of thioether (sulfide) groups is 1. The van der Waals surface area contributed by atoms with Crippen molar-refractivity contribution < 1.29 is 17.7 Å². The second-order valence-electron chi connectivity index (χ2n) is 5.91. The van der Waals surface area contributed by atoms with Crippen molar-refractivity contribution in [2.75, 3.05) is 24.2 Å². The number of anilines is 1. The number of nitrogens with one attached hydrogen (secondary N) is 1. The van der Waals surface area contributed by atoms with E-state index in [1.54, 1.807) is 19.1 Å². The van der Waals surface area contributed by atoms with Crippen molar-refractivity contribution in [1.82, 2.24) is 14.4 Å². The molecule has 26 heavy (non-hydrogen) atoms. The summed E-state index contributed by atoms with van der Waals surface area (Å²) >= 11 is 1.37. The van der Waals surface area contributed by atoms with E-state index in [4.69, 9.17) is 4.52 Å². The van der Waals surface area contributed by atoms with Gasteiger partial charge in [-0.2, -0.15) is 9.29 Å². The molecule has 140 valence electrons. The third-order valence-electron chi connectivity index (χ3n) is 3.87. The maximum absolute atomic E-state index is 12.5. The Kier molecular flexibility index (Phi) is 5.94. The van der Waals surface area contributed by atoms with Gasteiger partial charge >= 0.3 is 0 Å². The van der Waals surface area contributed by atoms with Crippen LogP contribution in [0.25, 0.3) is 0 Å². The van der Waals surface area contributed by atoms with Gasteiger partial charge in [0.15, 0.2) is 5.82 Å². The first-order valence-corrected chi connectivity index (χ1v) is 10.8. The Labute approximate surface area is 156 Å². The molecule has 0 aliphatic carbocycles. The molecule has 2 aromatic rings. The summed E-state index contributed by atoms with van der Waals surface area (Å²) in [6, 6.07) is 6.26. The Morgan fingerprint density at radius 2 is 1.96 bits per heavy atom. The van der Waals surface area contributed by atoms with Crippen LogP contribution in [0.2, 0.25) is 0 Å². The predicted molar refractivity (Wildman–Crippen MR) is 98.3 cm³/mol. The lowest BCUT2D eigenvalue weighted by molar-refractivity contribution is -0.113. The largest absolute Gasteiger partial charge is 0.340 e. The quantitative estimate of drug-likeness (QED) is 0.763. The zero-order valence-corrected chi connectivity index (χ0v) is 16.0. The summed E-state index contributed by atoms with van der Waals surface area (Å²) in [5.41, 5.74) is 0.561. The molecule has 8 nitrogen and oxygen atoms in total. The van der Waals surface area contributed by atoms with Crippen LogP contribution in [0.1, 0.15) is 24.6 Å². The van der Waals surface area contributed by atoms with Crippen LogP contribution in [0, 0.1) is 6.92 Å². The van der Waals surface area contributed by atoms with E-state index in [0.29, 0.717) is 36.2 Å². The Hall–Kier alpha value is -1.91. The van der Waals surface area contributed by atoms with Crippen LogP contribution in [-0.4, -0.2) is 47.6 Å². The average molecular weight is 396 g/mol. The van der Waals surface area contributed by atoms with Gasteiger partial charge < -0.3 is 9.84 Å². The number of carbonyl (C=O) groups is 1. The molecule has 0 unspecified atom stereocenters. The fraction of sp³-hybridized carbons (Fsp3) is 0.438. The van der Waals surface area contributed by atoms with E-state index in [2.05, 4.69) is 15.5 Å². The Morgan fingerprint density at radius 1 is 1.27 bits per heavy atom. The number of hydrogen-bond donors (Lipinski definition) is 1. The highest BCUT2D eigenvalue weighted by Gasteiger charge is 2.26. The number of amides is 1. The Morgan fingerprint density at radius 3 is 2.58 bits per heavy atom. The molecule has 0 radical (unpaired) electrons. The highest BCUT2D eigenvalue weighted by atomic mass is 32.2. The van der Waals surface area contributed by atoms with Gasteiger partial charge in [0.2, 0.25) is 21.8 Å². The SMILES string of the molecule is Cc1nc(CSCC(=O)Nc2ccc(S(=O)(=O)N3CCCC3)cc2)no1. The molecule has 1 saturated heterocycles. The molecule has 0 atom stereocenters. The lowest BCUT2D eigenvalue weighted by Crippen LogP contribution is -2.27. The van der Waals surface area contributed by atoms with Crippen LogP contribution in [-0.2, 0) is 20.6 Å². The molecule has 10 heteroatoms. The van der Waals surface area contributed by atoms with E-state index in [1.807, 2.05) is 0 Å². The summed E-state index contributed by atoms with van der Waals surface area (Å²) in [4.78, 5) is 16.3. The van der Waals surface area contributed by atoms with Crippen molar-refractivity contribution in [3.8, 4) is 0 Å². The zero-order chi connectivity index (χ0) is 18.6. The standard InChI is InChI=1S/C16H20N4O4S2/c1-12-17-15(19-24-12)10-25-11-16(21)18-13-4-6-14(7-5-13)26(22,23)20-8-2-3-9-20/h4-7H,2-3,8-11H2,1H3,(H,18,21). The number of nitrogens with zero attached hydrogens (tertiary/aromatic N) is 3. The van der Waals surface area contributed by atoms with E-state index in [0.717, 1.165) is 12.8 Å². The van der Waals surface area contributed by atoms with Gasteiger partial charge in [0.25, 0.3) is 0 Å². The van der Waals surface area contributed by atoms with Gasteiger partial charge in [-0.05, 0) is 37.1 Å². The number of carbonyl (C=O) groups excluding carboxylic acids is 1. The number of rotatable bonds is 7. The summed E-state index contributed by atoms with van der Waals surface area (Å²) < 4.78 is 31.3. The molecule has 3 rings (SSSR count). The molecule has 0 spiro atoms. The van der Waals surface area contributed by atoms with Crippen molar-refractivity contribution in [1.29, 1.82) is 0 Å². The van der Waals surface area contributed by atoms with Crippen molar-refractivity contribution in [3.63, 3.8) is 0 Å². The average Bonchev–Trinajstić information content (AvgIpc) is 3.27. The molecule has 1 aromatic heterocycles. The molecule has 1 amide bonds. The van der Waals surface area contributed by atoms with E-state index >= 15 is 0 Å². The highest BCUT2D eigenvalue weighted by molar-refractivity contribution is 7.99. The smallest absolute Gasteiger partial charge is 0.243 e. The number of aromatic nitrogens is 2. The molecule has 2 heterocycles. The van der Waals surface area contributed by atoms with E-state index in [1.165, 1.54) is 28.2 Å². The van der Waals surface area contributed by atoms with Crippen LogP contribution in [0.3, 0.4) is 0 Å². The zero-order valence-electron chi connectivity index (χ0n) is 14.3. The van der Waals surface area contributed by atoms with Gasteiger partial charge in [-0.25, -0.2) is 8.42 Å². The minimum Gasteiger partial charge on any atom is -0.340 e. The number of hydrogen-bond acceptors (Lipinski definition) is 7. The number of aryl methyl sites for hydroxylation is 1. The van der Waals surface area contributed by atoms with Crippen LogP contribution in [0.5, 0.6) is 0 Å². The second-order valence-corrected chi connectivity index (χ2v) is 8.83. The fourth-order valence-corrected chi connectivity index (χ4v) is 4.80. The fourth-order valence-electron chi connectivity index (χ4n) is 2.62. The van der Waals surface area contributed by atoms with Gasteiger partial charge in [0.05, 0.1) is 16.4 Å². The Bertz CT molecular complexity index is 859. The van der Waals surface area contributed by atoms with E-state index in [9.17, 15) is 13.2 Å². The number of benzene rings is 1. The van der Waals surface area contributed by atoms with Crippen LogP contribution in [0.15, 0.2) is 33.7 Å². The third kappa shape index (κ3) is 4.63. The maximum atomic E-state index is 12.5. The predicted octanol–water partition coefficient (Wildman–Crippen LogP) is 2.03. The molecular formula is C16H20N4O4S2. The molecular weight excluding hydrogens is 376 g/mol. The minimum atomic E-state index is -3.43. The second kappa shape index (κ2) is 8.19. The molecule has 1 aliphatic heterocycles. The topological polar surface area (TPSA) is 105 Å². The van der Waals surface area contributed by atoms with Gasteiger partial charge in [0, 0.05) is 25.7 Å². The van der Waals surface area contributed by atoms with Gasteiger partial charge in [0.1, 0.15) is 0 Å². The first-order chi connectivity index (χ1) is 12.4. The first kappa shape index (κ1) is 18.9. The third-order valence-corrected chi connectivity index (χ3v) is 6.72. The minimum absolute atomic E-state index is 0.176. The van der Waals surface area contributed by atoms with Crippen molar-refractivity contribution >= 4 is 33.4 Å². The molecule has 0 bridgehead atoms. The van der Waals surface area contributed by atoms with Gasteiger partial charge in [-0.1, -0.05) is 5.16 Å². The van der Waals surface area contributed by atoms with Gasteiger partial charge in [-0.3, -0.25) is 4.79 Å². The summed E-state index contributed by atoms with van der Waals surface area (Å²) in [6.07, 6.45) is 1.79. The van der Waals surface area contributed by atoms with E-state index < -0.39 is 10.0 Å². The first-order valence-electron chi connectivity index (χ1n) is 8.22. The molecule has 1 aliphatic rings. The summed E-state index contributed by atoms with van der Waals surface area (Å²) in [7, 11) is -3.43. The van der Waals surface area contributed by atoms with Crippen LogP contribution >= 0.6 is 11.8 Å². The van der Waals surface area contributed by atoms with Crippen molar-refractivity contribution in [3.05, 3.63) is 36.0 Å². The lowest BCUT2D eigenvalue weighted by Gasteiger charge is -2.15. The molecule has 0 saturated carbocycles. The monoisotopic (exact) mass is 396 g/mol. The normalized spacial score (nSPS) is 15.3. The summed E-state index contributed by atoms with van der Waals surface area (Å²) in [5, 5.41) is 6.51. The van der Waals surface area contributed by atoms with Gasteiger partial charge in [-0.15, -0.1) is 11.8 Å².